The summed E-state index contributed by atoms with van der Waals surface area (Å²) in [5.74, 6) is -0.696. The van der Waals surface area contributed by atoms with Gasteiger partial charge in [0.05, 0.1) is 18.2 Å². The number of thioether (sulfide) groups is 1. The fourth-order valence-electron chi connectivity index (χ4n) is 2.02. The van der Waals surface area contributed by atoms with Crippen LogP contribution in [-0.2, 0) is 9.53 Å². The number of rotatable bonds is 4. The monoisotopic (exact) mass is 325 g/mol. The highest BCUT2D eigenvalue weighted by molar-refractivity contribution is 8.13. The van der Waals surface area contributed by atoms with Gasteiger partial charge in [-0.15, -0.1) is 0 Å². The van der Waals surface area contributed by atoms with Crippen molar-refractivity contribution < 1.29 is 18.9 Å². The smallest absolute Gasteiger partial charge is 0.433 e. The van der Waals surface area contributed by atoms with Crippen molar-refractivity contribution in [1.29, 1.82) is 0 Å². The normalized spacial score (nSPS) is 17.8. The zero-order valence-electron chi connectivity index (χ0n) is 12.3. The van der Waals surface area contributed by atoms with Crippen LogP contribution in [0.2, 0.25) is 0 Å². The minimum absolute atomic E-state index is 0.222. The molecule has 1 atom stereocenters. The molecule has 1 aliphatic rings. The number of esters is 1. The number of furan rings is 1. The molecule has 0 fully saturated rings. The standard InChI is InChI=1S/C13H15N3O5S/c1-4-20-12(17)10-7(2)14-13(22-3)15-11(10)8-5-6-9(21-8)16(18)19/h5-6,11H,4H2,1-3H3,(H,14,15)/t11-/m0/s1. The highest BCUT2D eigenvalue weighted by Crippen LogP contribution is 2.34. The number of ether oxygens (including phenoxy) is 1. The molecular weight excluding hydrogens is 310 g/mol. The van der Waals surface area contributed by atoms with Crippen LogP contribution < -0.4 is 5.32 Å². The van der Waals surface area contributed by atoms with Gasteiger partial charge in [0.25, 0.3) is 0 Å². The van der Waals surface area contributed by atoms with Gasteiger partial charge in [-0.3, -0.25) is 10.1 Å². The van der Waals surface area contributed by atoms with Crippen molar-refractivity contribution in [2.75, 3.05) is 12.9 Å². The first-order valence-electron chi connectivity index (χ1n) is 6.48. The average molecular weight is 325 g/mol. The summed E-state index contributed by atoms with van der Waals surface area (Å²) in [5, 5.41) is 14.3. The number of carbonyl (C=O) groups is 1. The van der Waals surface area contributed by atoms with Crippen molar-refractivity contribution in [2.24, 2.45) is 4.99 Å². The van der Waals surface area contributed by atoms with Gasteiger partial charge in [-0.05, 0) is 26.2 Å². The fourth-order valence-corrected chi connectivity index (χ4v) is 2.48. The number of nitrogens with zero attached hydrogens (tertiary/aromatic N) is 2. The summed E-state index contributed by atoms with van der Waals surface area (Å²) in [6.07, 6.45) is 1.83. The summed E-state index contributed by atoms with van der Waals surface area (Å²) >= 11 is 1.37. The molecule has 1 aliphatic heterocycles. The lowest BCUT2D eigenvalue weighted by Crippen LogP contribution is -2.30. The lowest BCUT2D eigenvalue weighted by Gasteiger charge is -2.23. The molecule has 2 rings (SSSR count). The van der Waals surface area contributed by atoms with Crippen molar-refractivity contribution in [3.8, 4) is 0 Å². The van der Waals surface area contributed by atoms with E-state index in [2.05, 4.69) is 10.3 Å². The molecule has 1 N–H and O–H groups in total. The van der Waals surface area contributed by atoms with Crippen LogP contribution in [-0.4, -0.2) is 28.9 Å². The van der Waals surface area contributed by atoms with E-state index in [1.165, 1.54) is 23.9 Å². The van der Waals surface area contributed by atoms with Gasteiger partial charge >= 0.3 is 11.9 Å². The Bertz CT molecular complexity index is 664. The molecule has 0 saturated heterocycles. The second kappa shape index (κ2) is 6.65. The number of allylic oxidation sites excluding steroid dienone is 1. The van der Waals surface area contributed by atoms with Gasteiger partial charge in [0.2, 0.25) is 0 Å². The fraction of sp³-hybridized carbons (Fsp3) is 0.385. The zero-order chi connectivity index (χ0) is 16.3. The molecule has 22 heavy (non-hydrogen) atoms. The van der Waals surface area contributed by atoms with Gasteiger partial charge < -0.3 is 14.5 Å². The Labute approximate surface area is 130 Å². The maximum Gasteiger partial charge on any atom is 0.433 e. The Hall–Kier alpha value is -2.29. The first-order chi connectivity index (χ1) is 10.5. The van der Waals surface area contributed by atoms with E-state index >= 15 is 0 Å². The maximum atomic E-state index is 12.2. The van der Waals surface area contributed by atoms with Crippen LogP contribution in [0, 0.1) is 10.1 Å². The van der Waals surface area contributed by atoms with Gasteiger partial charge in [-0.2, -0.15) is 0 Å². The Morgan fingerprint density at radius 3 is 2.86 bits per heavy atom. The number of hydrogen-bond acceptors (Lipinski definition) is 8. The molecular formula is C13H15N3O5S. The minimum atomic E-state index is -0.767. The first-order valence-corrected chi connectivity index (χ1v) is 7.71. The molecule has 118 valence electrons. The van der Waals surface area contributed by atoms with Crippen molar-refractivity contribution in [1.82, 2.24) is 5.32 Å². The second-order valence-corrected chi connectivity index (χ2v) is 5.15. The predicted molar refractivity (Wildman–Crippen MR) is 81.5 cm³/mol. The van der Waals surface area contributed by atoms with Crippen LogP contribution in [0.5, 0.6) is 0 Å². The van der Waals surface area contributed by atoms with E-state index in [1.54, 1.807) is 13.8 Å². The Kier molecular flexibility index (Phi) is 4.86. The van der Waals surface area contributed by atoms with E-state index < -0.39 is 22.8 Å². The molecule has 0 bridgehead atoms. The number of aliphatic imine (C=N–C) groups is 1. The largest absolute Gasteiger partial charge is 0.463 e. The number of nitrogens with one attached hydrogen (secondary N) is 1. The third-order valence-electron chi connectivity index (χ3n) is 2.97. The molecule has 0 spiro atoms. The Balaban J connectivity index is 2.44. The van der Waals surface area contributed by atoms with E-state index in [-0.39, 0.29) is 17.9 Å². The molecule has 8 nitrogen and oxygen atoms in total. The summed E-state index contributed by atoms with van der Waals surface area (Å²) < 4.78 is 10.2. The van der Waals surface area contributed by atoms with Crippen LogP contribution in [0.4, 0.5) is 5.88 Å². The molecule has 0 aromatic carbocycles. The topological polar surface area (TPSA) is 107 Å². The number of hydrogen-bond donors (Lipinski definition) is 1. The van der Waals surface area contributed by atoms with E-state index in [0.717, 1.165) is 0 Å². The van der Waals surface area contributed by atoms with Gasteiger partial charge in [0.1, 0.15) is 16.7 Å². The molecule has 2 heterocycles. The van der Waals surface area contributed by atoms with E-state index in [0.29, 0.717) is 10.9 Å². The highest BCUT2D eigenvalue weighted by atomic mass is 32.2. The summed E-state index contributed by atoms with van der Waals surface area (Å²) in [7, 11) is 0. The average Bonchev–Trinajstić information content (AvgIpc) is 2.96. The summed E-state index contributed by atoms with van der Waals surface area (Å²) in [6, 6.07) is 1.92. The molecule has 0 saturated carbocycles. The number of amidine groups is 1. The quantitative estimate of drug-likeness (QED) is 0.514. The zero-order valence-corrected chi connectivity index (χ0v) is 13.1. The van der Waals surface area contributed by atoms with Gasteiger partial charge in [0.15, 0.2) is 5.17 Å². The summed E-state index contributed by atoms with van der Waals surface area (Å²) in [4.78, 5) is 26.6. The van der Waals surface area contributed by atoms with E-state index in [1.807, 2.05) is 6.26 Å². The maximum absolute atomic E-state index is 12.2. The van der Waals surface area contributed by atoms with Gasteiger partial charge in [-0.1, -0.05) is 11.8 Å². The molecule has 0 amide bonds. The third kappa shape index (κ3) is 3.14. The summed E-state index contributed by atoms with van der Waals surface area (Å²) in [5.41, 5.74) is 0.866. The SMILES string of the molecule is CCOC(=O)C1=C(C)NC(SC)=N[C@H]1c1ccc([N+](=O)[O-])o1. The van der Waals surface area contributed by atoms with Crippen LogP contribution >= 0.6 is 11.8 Å². The van der Waals surface area contributed by atoms with Crippen LogP contribution in [0.1, 0.15) is 25.6 Å². The Morgan fingerprint density at radius 2 is 2.32 bits per heavy atom. The van der Waals surface area contributed by atoms with Crippen LogP contribution in [0.3, 0.4) is 0 Å². The molecule has 9 heteroatoms. The third-order valence-corrected chi connectivity index (χ3v) is 3.56. The van der Waals surface area contributed by atoms with Crippen molar-refractivity contribution in [3.63, 3.8) is 0 Å². The Morgan fingerprint density at radius 1 is 1.59 bits per heavy atom. The molecule has 0 aliphatic carbocycles. The lowest BCUT2D eigenvalue weighted by atomic mass is 10.0. The van der Waals surface area contributed by atoms with Crippen molar-refractivity contribution in [3.05, 3.63) is 39.3 Å². The summed E-state index contributed by atoms with van der Waals surface area (Å²) in [6.45, 7) is 3.65. The first kappa shape index (κ1) is 16.1. The number of carbonyl (C=O) groups excluding carboxylic acids is 1. The molecule has 0 radical (unpaired) electrons. The van der Waals surface area contributed by atoms with Crippen LogP contribution in [0.25, 0.3) is 0 Å². The molecule has 1 aromatic rings. The predicted octanol–water partition coefficient (Wildman–Crippen LogP) is 2.39. The van der Waals surface area contributed by atoms with Crippen molar-refractivity contribution in [2.45, 2.75) is 19.9 Å². The lowest BCUT2D eigenvalue weighted by molar-refractivity contribution is -0.402. The number of nitro groups is 1. The van der Waals surface area contributed by atoms with E-state index in [9.17, 15) is 14.9 Å². The van der Waals surface area contributed by atoms with Crippen LogP contribution in [0.15, 0.2) is 32.8 Å². The molecule has 0 unspecified atom stereocenters. The minimum Gasteiger partial charge on any atom is -0.463 e. The second-order valence-electron chi connectivity index (χ2n) is 4.36. The highest BCUT2D eigenvalue weighted by Gasteiger charge is 2.33. The van der Waals surface area contributed by atoms with Gasteiger partial charge in [-0.25, -0.2) is 9.79 Å². The van der Waals surface area contributed by atoms with Gasteiger partial charge in [0, 0.05) is 5.70 Å². The van der Waals surface area contributed by atoms with E-state index in [4.69, 9.17) is 9.15 Å². The van der Waals surface area contributed by atoms with Crippen molar-refractivity contribution >= 4 is 28.8 Å². The molecule has 1 aromatic heterocycles.